The third-order valence-electron chi connectivity index (χ3n) is 9.49. The van der Waals surface area contributed by atoms with Crippen molar-refractivity contribution < 1.29 is 91.4 Å². The van der Waals surface area contributed by atoms with Gasteiger partial charge in [-0.15, -0.1) is 0 Å². The maximum Gasteiger partial charge on any atom is 0.165 e. The summed E-state index contributed by atoms with van der Waals surface area (Å²) in [6.07, 6.45) is 2.71. The predicted octanol–water partition coefficient (Wildman–Crippen LogP) is 5.26. The van der Waals surface area contributed by atoms with Gasteiger partial charge in [0, 0.05) is 85.4 Å². The van der Waals surface area contributed by atoms with Gasteiger partial charge >= 0.3 is 0 Å². The van der Waals surface area contributed by atoms with Crippen LogP contribution in [0.25, 0.3) is 22.1 Å². The number of aromatic nitrogens is 6. The van der Waals surface area contributed by atoms with Gasteiger partial charge in [0.15, 0.2) is 18.2 Å². The molecule has 0 amide bonds. The van der Waals surface area contributed by atoms with Crippen molar-refractivity contribution in [1.82, 2.24) is 29.1 Å². The van der Waals surface area contributed by atoms with Crippen molar-refractivity contribution in [2.45, 2.75) is 82.6 Å². The summed E-state index contributed by atoms with van der Waals surface area (Å²) in [5, 5.41) is 22.8. The van der Waals surface area contributed by atoms with Crippen LogP contribution in [0.2, 0.25) is 0 Å². The van der Waals surface area contributed by atoms with Crippen molar-refractivity contribution in [2.24, 2.45) is 0 Å². The van der Waals surface area contributed by atoms with Crippen molar-refractivity contribution in [3.8, 4) is 0 Å². The van der Waals surface area contributed by atoms with E-state index in [-0.39, 0.29) is 86.8 Å². The first-order valence-electron chi connectivity index (χ1n) is 16.4. The van der Waals surface area contributed by atoms with E-state index in [0.717, 1.165) is 38.9 Å². The standard InChI is InChI=1S/C20H21N3O3.C17H17N3O3.2U/c1-12-14-9-10-23(18(14)22-11-21-12)19-17-16(25-20(2,3)26-17)15(24-19)13-7-5-4-6-8-13;1-10-12-7-8-20(16(12)19-9-18-10)17-14(22)13(21)15(23-17)11-5-3-2-4-6-11;;/h4-11,15-17,19H,1-3H3;2-9,13-15,17,21-22H,1H3;;/t15-,16+,17?,19+;13-,14?,15-,17+;;/m00../s1. The Bertz CT molecular complexity index is 2100. The first-order valence-corrected chi connectivity index (χ1v) is 16.4. The summed E-state index contributed by atoms with van der Waals surface area (Å²) in [6, 6.07) is 23.5. The Morgan fingerprint density at radius 3 is 1.61 bits per heavy atom. The number of hydrogen-bond donors (Lipinski definition) is 2. The molecule has 3 saturated heterocycles. The van der Waals surface area contributed by atoms with Crippen molar-refractivity contribution in [3.05, 3.63) is 120 Å². The molecule has 51 heavy (non-hydrogen) atoms. The van der Waals surface area contributed by atoms with Crippen LogP contribution in [0.3, 0.4) is 0 Å². The van der Waals surface area contributed by atoms with E-state index in [4.69, 9.17) is 18.9 Å². The van der Waals surface area contributed by atoms with Crippen LogP contribution in [0.15, 0.2) is 97.8 Å². The fraction of sp³-hybridized carbons (Fsp3) is 0.351. The first-order chi connectivity index (χ1) is 23.7. The number of aryl methyl sites for hydroxylation is 2. The molecule has 14 heteroatoms. The van der Waals surface area contributed by atoms with Crippen LogP contribution in [0.5, 0.6) is 0 Å². The molecular formula is C37H38N6O6U2. The summed E-state index contributed by atoms with van der Waals surface area (Å²) in [4.78, 5) is 17.2. The third-order valence-corrected chi connectivity index (χ3v) is 9.49. The number of hydrogen-bond acceptors (Lipinski definition) is 10. The molecular weight excluding hydrogens is 1100 g/mol. The molecule has 8 atom stereocenters. The second-order valence-electron chi connectivity index (χ2n) is 13.1. The summed E-state index contributed by atoms with van der Waals surface area (Å²) in [5.74, 6) is -0.641. The van der Waals surface area contributed by atoms with Crippen molar-refractivity contribution in [2.75, 3.05) is 0 Å². The molecule has 9 rings (SSSR count). The van der Waals surface area contributed by atoms with Gasteiger partial charge in [0.1, 0.15) is 60.6 Å². The Kier molecular flexibility index (Phi) is 11.6. The normalized spacial score (nSPS) is 27.7. The molecule has 260 valence electrons. The molecule has 0 radical (unpaired) electrons. The molecule has 0 aliphatic carbocycles. The molecule has 2 unspecified atom stereocenters. The van der Waals surface area contributed by atoms with E-state index in [1.807, 2.05) is 99.1 Å². The van der Waals surface area contributed by atoms with Gasteiger partial charge in [-0.1, -0.05) is 60.7 Å². The number of aliphatic hydroxyl groups is 2. The second kappa shape index (κ2) is 15.5. The number of benzene rings is 2. The number of rotatable bonds is 4. The molecule has 3 fully saturated rings. The zero-order valence-corrected chi connectivity index (χ0v) is 36.9. The van der Waals surface area contributed by atoms with Gasteiger partial charge in [-0.3, -0.25) is 0 Å². The molecule has 7 heterocycles. The molecule has 2 aromatic carbocycles. The zero-order valence-electron chi connectivity index (χ0n) is 28.6. The van der Waals surface area contributed by atoms with Crippen molar-refractivity contribution in [3.63, 3.8) is 0 Å². The van der Waals surface area contributed by atoms with Gasteiger partial charge in [-0.2, -0.15) is 0 Å². The molecule has 3 aliphatic heterocycles. The number of fused-ring (bicyclic) bond motifs is 3. The Labute approximate surface area is 342 Å². The average Bonchev–Trinajstić information content (AvgIpc) is 3.92. The smallest absolute Gasteiger partial charge is 0.165 e. The van der Waals surface area contributed by atoms with E-state index in [0.29, 0.717) is 5.65 Å². The first kappa shape index (κ1) is 38.3. The minimum Gasteiger partial charge on any atom is -0.387 e. The van der Waals surface area contributed by atoms with Crippen LogP contribution in [-0.2, 0) is 18.9 Å². The Morgan fingerprint density at radius 2 is 1.06 bits per heavy atom. The van der Waals surface area contributed by atoms with Crippen LogP contribution in [-0.4, -0.2) is 69.5 Å². The van der Waals surface area contributed by atoms with Gasteiger partial charge in [0.25, 0.3) is 0 Å². The molecule has 12 nitrogen and oxygen atoms in total. The van der Waals surface area contributed by atoms with Gasteiger partial charge in [-0.25, -0.2) is 19.9 Å². The molecule has 3 aliphatic rings. The SMILES string of the molecule is Cc1ncnc2c1ccn2[C@@H]1O[C@@H](c2ccccc2)[C@@H](O)C1O.Cc1ncnc2c1ccn2[C@@H]1O[C@@H](c2ccccc2)[C@H]2OC(C)(C)OC12.[U].[U]. The Morgan fingerprint density at radius 1 is 0.588 bits per heavy atom. The summed E-state index contributed by atoms with van der Waals surface area (Å²) in [7, 11) is 0. The van der Waals surface area contributed by atoms with Gasteiger partial charge in [0.2, 0.25) is 0 Å². The molecule has 0 bridgehead atoms. The van der Waals surface area contributed by atoms with Gasteiger partial charge in [-0.05, 0) is 51.0 Å². The monoisotopic (exact) mass is 1140 g/mol. The van der Waals surface area contributed by atoms with Crippen LogP contribution < -0.4 is 0 Å². The average molecular weight is 1140 g/mol. The number of ether oxygens (including phenoxy) is 4. The third kappa shape index (κ3) is 7.14. The number of nitrogens with zero attached hydrogens (tertiary/aromatic N) is 6. The molecule has 6 aromatic rings. The van der Waals surface area contributed by atoms with E-state index < -0.39 is 30.3 Å². The zero-order chi connectivity index (χ0) is 33.9. The summed E-state index contributed by atoms with van der Waals surface area (Å²) < 4.78 is 28.6. The minimum absolute atomic E-state index is 0. The van der Waals surface area contributed by atoms with Gasteiger partial charge < -0.3 is 38.3 Å². The predicted molar refractivity (Wildman–Crippen MR) is 179 cm³/mol. The largest absolute Gasteiger partial charge is 0.387 e. The van der Waals surface area contributed by atoms with Crippen molar-refractivity contribution in [1.29, 1.82) is 0 Å². The molecule has 0 spiro atoms. The van der Waals surface area contributed by atoms with Crippen LogP contribution in [0, 0.1) is 76.1 Å². The maximum atomic E-state index is 10.5. The fourth-order valence-electron chi connectivity index (χ4n) is 7.12. The Hall–Kier alpha value is -2.46. The Balaban J connectivity index is 0.000000170. The second-order valence-corrected chi connectivity index (χ2v) is 13.1. The summed E-state index contributed by atoms with van der Waals surface area (Å²) >= 11 is 0. The van der Waals surface area contributed by atoms with Crippen LogP contribution in [0.4, 0.5) is 0 Å². The molecule has 0 saturated carbocycles. The minimum atomic E-state index is -1.04. The van der Waals surface area contributed by atoms with Crippen LogP contribution >= 0.6 is 0 Å². The number of aliphatic hydroxyl groups excluding tert-OH is 2. The molecule has 2 N–H and O–H groups in total. The van der Waals surface area contributed by atoms with E-state index in [1.165, 1.54) is 6.33 Å². The van der Waals surface area contributed by atoms with Gasteiger partial charge in [0.05, 0.1) is 11.4 Å². The summed E-state index contributed by atoms with van der Waals surface area (Å²) in [5.41, 5.74) is 5.27. The summed E-state index contributed by atoms with van der Waals surface area (Å²) in [6.45, 7) is 7.79. The molecule has 4 aromatic heterocycles. The van der Waals surface area contributed by atoms with Crippen molar-refractivity contribution >= 4 is 22.1 Å². The maximum absolute atomic E-state index is 10.5. The van der Waals surface area contributed by atoms with E-state index in [2.05, 4.69) is 32.1 Å². The van der Waals surface area contributed by atoms with E-state index in [1.54, 1.807) is 17.1 Å². The quantitative estimate of drug-likeness (QED) is 0.241. The van der Waals surface area contributed by atoms with E-state index >= 15 is 0 Å². The fourth-order valence-corrected chi connectivity index (χ4v) is 7.12. The topological polar surface area (TPSA) is 139 Å². The van der Waals surface area contributed by atoms with Crippen LogP contribution in [0.1, 0.15) is 61.0 Å². The van der Waals surface area contributed by atoms with E-state index in [9.17, 15) is 10.2 Å².